The van der Waals surface area contributed by atoms with E-state index in [0.717, 1.165) is 24.8 Å². The summed E-state index contributed by atoms with van der Waals surface area (Å²) in [4.78, 5) is 8.23. The van der Waals surface area contributed by atoms with Gasteiger partial charge in [-0.2, -0.15) is 5.26 Å². The Bertz CT molecular complexity index is 713. The van der Waals surface area contributed by atoms with E-state index in [1.807, 2.05) is 36.4 Å². The van der Waals surface area contributed by atoms with Crippen molar-refractivity contribution in [2.45, 2.75) is 58.4 Å². The zero-order valence-corrected chi connectivity index (χ0v) is 14.8. The van der Waals surface area contributed by atoms with Crippen LogP contribution >= 0.6 is 0 Å². The SMILES string of the molecule is CCCCCCCC/C([O-])=N\c1c(C#N)ncn1Cc1ccccc1. The molecule has 0 aliphatic rings. The molecule has 0 aliphatic carbocycles. The molecule has 0 fully saturated rings. The van der Waals surface area contributed by atoms with E-state index >= 15 is 0 Å². The van der Waals surface area contributed by atoms with Gasteiger partial charge in [-0.05, 0) is 24.3 Å². The molecule has 0 saturated heterocycles. The number of unbranched alkanes of at least 4 members (excludes halogenated alkanes) is 5. The van der Waals surface area contributed by atoms with Crippen LogP contribution in [0.1, 0.15) is 63.1 Å². The molecule has 2 aromatic rings. The highest BCUT2D eigenvalue weighted by Crippen LogP contribution is 2.20. The van der Waals surface area contributed by atoms with Crippen LogP contribution in [0, 0.1) is 11.3 Å². The van der Waals surface area contributed by atoms with Crippen LogP contribution in [0.5, 0.6) is 0 Å². The normalized spacial score (nSPS) is 11.4. The van der Waals surface area contributed by atoms with Gasteiger partial charge in [-0.25, -0.2) is 9.98 Å². The zero-order valence-electron chi connectivity index (χ0n) is 14.8. The van der Waals surface area contributed by atoms with Crippen LogP contribution in [0.2, 0.25) is 0 Å². The first kappa shape index (κ1) is 18.7. The second-order valence-electron chi connectivity index (χ2n) is 6.17. The lowest BCUT2D eigenvalue weighted by Gasteiger charge is -2.12. The monoisotopic (exact) mass is 337 g/mol. The first-order chi connectivity index (χ1) is 12.2. The third-order valence-electron chi connectivity index (χ3n) is 4.09. The lowest BCUT2D eigenvalue weighted by molar-refractivity contribution is -0.218. The van der Waals surface area contributed by atoms with E-state index in [1.54, 1.807) is 10.9 Å². The number of imidazole rings is 1. The fourth-order valence-electron chi connectivity index (χ4n) is 2.70. The molecule has 0 N–H and O–H groups in total. The van der Waals surface area contributed by atoms with Gasteiger partial charge < -0.3 is 9.67 Å². The van der Waals surface area contributed by atoms with E-state index in [4.69, 9.17) is 0 Å². The van der Waals surface area contributed by atoms with Crippen molar-refractivity contribution in [3.63, 3.8) is 0 Å². The van der Waals surface area contributed by atoms with E-state index < -0.39 is 0 Å². The van der Waals surface area contributed by atoms with Crippen LogP contribution in [0.15, 0.2) is 41.7 Å². The molecule has 0 spiro atoms. The number of hydrogen-bond donors (Lipinski definition) is 0. The smallest absolute Gasteiger partial charge is 0.185 e. The van der Waals surface area contributed by atoms with E-state index in [0.29, 0.717) is 18.8 Å². The Balaban J connectivity index is 1.99. The average Bonchev–Trinajstić information content (AvgIpc) is 3.00. The van der Waals surface area contributed by atoms with Crippen LogP contribution in [0.25, 0.3) is 0 Å². The third-order valence-corrected chi connectivity index (χ3v) is 4.09. The van der Waals surface area contributed by atoms with Gasteiger partial charge in [0.1, 0.15) is 6.07 Å². The van der Waals surface area contributed by atoms with E-state index in [9.17, 15) is 10.4 Å². The van der Waals surface area contributed by atoms with Crippen molar-refractivity contribution in [1.29, 1.82) is 5.26 Å². The quantitative estimate of drug-likeness (QED) is 0.374. The molecule has 5 nitrogen and oxygen atoms in total. The number of rotatable bonds is 10. The first-order valence-electron chi connectivity index (χ1n) is 8.98. The maximum Gasteiger partial charge on any atom is 0.185 e. The molecule has 0 aliphatic heterocycles. The summed E-state index contributed by atoms with van der Waals surface area (Å²) in [5.41, 5.74) is 1.27. The molecule has 132 valence electrons. The molecule has 0 amide bonds. The third kappa shape index (κ3) is 6.07. The topological polar surface area (TPSA) is 77.0 Å². The van der Waals surface area contributed by atoms with Crippen LogP contribution in [-0.4, -0.2) is 15.4 Å². The van der Waals surface area contributed by atoms with Crippen LogP contribution in [0.4, 0.5) is 5.82 Å². The fraction of sp³-hybridized carbons (Fsp3) is 0.450. The Kier molecular flexibility index (Phi) is 7.71. The predicted octanol–water partition coefficient (Wildman–Crippen LogP) is 3.94. The summed E-state index contributed by atoms with van der Waals surface area (Å²) in [5.74, 6) is 0.184. The summed E-state index contributed by atoms with van der Waals surface area (Å²) >= 11 is 0. The Hall–Kier alpha value is -2.61. The van der Waals surface area contributed by atoms with Crippen molar-refractivity contribution in [2.24, 2.45) is 4.99 Å². The molecule has 0 radical (unpaired) electrons. The van der Waals surface area contributed by atoms with Gasteiger partial charge in [0.05, 0.1) is 12.9 Å². The summed E-state index contributed by atoms with van der Waals surface area (Å²) in [5, 5.41) is 21.4. The van der Waals surface area contributed by atoms with Crippen molar-refractivity contribution < 1.29 is 5.11 Å². The molecule has 2 rings (SSSR count). The van der Waals surface area contributed by atoms with Crippen molar-refractivity contribution in [1.82, 2.24) is 9.55 Å². The van der Waals surface area contributed by atoms with Crippen molar-refractivity contribution >= 4 is 11.7 Å². The molecule has 0 saturated carbocycles. The molecule has 1 aromatic heterocycles. The minimum absolute atomic E-state index is 0.179. The maximum absolute atomic E-state index is 12.2. The van der Waals surface area contributed by atoms with Gasteiger partial charge >= 0.3 is 0 Å². The summed E-state index contributed by atoms with van der Waals surface area (Å²) in [6, 6.07) is 11.9. The van der Waals surface area contributed by atoms with Crippen LogP contribution in [0.3, 0.4) is 0 Å². The molecule has 0 bridgehead atoms. The molecule has 1 aromatic carbocycles. The van der Waals surface area contributed by atoms with Gasteiger partial charge in [-0.15, -0.1) is 0 Å². The predicted molar refractivity (Wildman–Crippen MR) is 97.6 cm³/mol. The number of aromatic nitrogens is 2. The summed E-state index contributed by atoms with van der Waals surface area (Å²) in [6.07, 6.45) is 8.76. The number of aliphatic imine (C=N–C) groups is 1. The second kappa shape index (κ2) is 10.3. The van der Waals surface area contributed by atoms with E-state index in [2.05, 4.69) is 16.9 Å². The summed E-state index contributed by atoms with van der Waals surface area (Å²) < 4.78 is 1.76. The van der Waals surface area contributed by atoms with E-state index in [-0.39, 0.29) is 11.6 Å². The minimum atomic E-state index is -0.179. The summed E-state index contributed by atoms with van der Waals surface area (Å²) in [6.45, 7) is 2.73. The Morgan fingerprint density at radius 1 is 1.16 bits per heavy atom. The molecule has 0 atom stereocenters. The van der Waals surface area contributed by atoms with Crippen molar-refractivity contribution in [3.05, 3.63) is 47.9 Å². The van der Waals surface area contributed by atoms with Gasteiger partial charge in [0, 0.05) is 0 Å². The molecular formula is C20H25N4O-. The van der Waals surface area contributed by atoms with Crippen LogP contribution < -0.4 is 5.11 Å². The van der Waals surface area contributed by atoms with Gasteiger partial charge in [-0.1, -0.05) is 69.4 Å². The number of hydrogen-bond acceptors (Lipinski definition) is 4. The number of nitrogens with zero attached hydrogens (tertiary/aromatic N) is 4. The first-order valence-corrected chi connectivity index (χ1v) is 8.98. The summed E-state index contributed by atoms with van der Waals surface area (Å²) in [7, 11) is 0. The average molecular weight is 337 g/mol. The highest BCUT2D eigenvalue weighted by atomic mass is 16.3. The number of benzene rings is 1. The number of nitriles is 1. The second-order valence-corrected chi connectivity index (χ2v) is 6.17. The van der Waals surface area contributed by atoms with Gasteiger partial charge in [0.15, 0.2) is 11.5 Å². The van der Waals surface area contributed by atoms with Crippen molar-refractivity contribution in [3.8, 4) is 6.07 Å². The Morgan fingerprint density at radius 2 is 1.88 bits per heavy atom. The lowest BCUT2D eigenvalue weighted by Crippen LogP contribution is -2.17. The molecular weight excluding hydrogens is 312 g/mol. The minimum Gasteiger partial charge on any atom is -0.862 e. The fourth-order valence-corrected chi connectivity index (χ4v) is 2.70. The molecule has 0 unspecified atom stereocenters. The molecule has 25 heavy (non-hydrogen) atoms. The van der Waals surface area contributed by atoms with Crippen LogP contribution in [-0.2, 0) is 6.54 Å². The standard InChI is InChI=1S/C20H26N4O/c1-2-3-4-5-6-10-13-19(25)23-20-18(14-21)22-16-24(20)15-17-11-8-7-9-12-17/h7-9,11-12,16H,2-6,10,13,15H2,1H3,(H,23,25)/p-1. The maximum atomic E-state index is 12.2. The van der Waals surface area contributed by atoms with Gasteiger partial charge in [0.25, 0.3) is 0 Å². The highest BCUT2D eigenvalue weighted by molar-refractivity contribution is 5.75. The molecule has 1 heterocycles. The zero-order chi connectivity index (χ0) is 17.9. The molecule has 5 heteroatoms. The lowest BCUT2D eigenvalue weighted by atomic mass is 10.1. The Morgan fingerprint density at radius 3 is 2.60 bits per heavy atom. The Labute approximate surface area is 149 Å². The van der Waals surface area contributed by atoms with Crippen molar-refractivity contribution in [2.75, 3.05) is 0 Å². The van der Waals surface area contributed by atoms with Gasteiger partial charge in [0.2, 0.25) is 0 Å². The largest absolute Gasteiger partial charge is 0.862 e. The highest BCUT2D eigenvalue weighted by Gasteiger charge is 2.09. The van der Waals surface area contributed by atoms with Gasteiger partial charge in [-0.3, -0.25) is 0 Å². The van der Waals surface area contributed by atoms with E-state index in [1.165, 1.54) is 19.3 Å².